The fourth-order valence-electron chi connectivity index (χ4n) is 2.74. The van der Waals surface area contributed by atoms with Gasteiger partial charge in [0.25, 0.3) is 11.5 Å². The Labute approximate surface area is 156 Å². The molecule has 27 heavy (non-hydrogen) atoms. The Kier molecular flexibility index (Phi) is 5.29. The van der Waals surface area contributed by atoms with E-state index in [1.807, 2.05) is 26.1 Å². The summed E-state index contributed by atoms with van der Waals surface area (Å²) < 4.78 is 0. The van der Waals surface area contributed by atoms with Crippen molar-refractivity contribution < 1.29 is 9.69 Å². The molecule has 0 aliphatic carbocycles. The highest BCUT2D eigenvalue weighted by Gasteiger charge is 2.23. The Hall–Kier alpha value is -3.50. The van der Waals surface area contributed by atoms with E-state index in [0.717, 1.165) is 4.90 Å². The SMILES string of the molecule is C[C@H](C(=O)Nc1ccc(C#N)cc1)[NH+](C)Cc1nc2ccccc2c(=O)[nH]1. The van der Waals surface area contributed by atoms with Gasteiger partial charge in [-0.15, -0.1) is 0 Å². The molecule has 136 valence electrons. The van der Waals surface area contributed by atoms with Crippen LogP contribution < -0.4 is 15.8 Å². The first-order valence-corrected chi connectivity index (χ1v) is 8.59. The topological polar surface area (TPSA) is 103 Å². The second-order valence-corrected chi connectivity index (χ2v) is 6.45. The minimum atomic E-state index is -0.364. The first kappa shape index (κ1) is 18.3. The second kappa shape index (κ2) is 7.81. The largest absolute Gasteiger partial charge is 0.321 e. The van der Waals surface area contributed by atoms with Crippen LogP contribution in [0.25, 0.3) is 10.9 Å². The van der Waals surface area contributed by atoms with Gasteiger partial charge in [-0.25, -0.2) is 4.98 Å². The average molecular weight is 362 g/mol. The number of benzene rings is 2. The Morgan fingerprint density at radius 1 is 1.26 bits per heavy atom. The molecule has 1 amide bonds. The highest BCUT2D eigenvalue weighted by atomic mass is 16.2. The van der Waals surface area contributed by atoms with E-state index in [1.165, 1.54) is 0 Å². The quantitative estimate of drug-likeness (QED) is 0.626. The highest BCUT2D eigenvalue weighted by molar-refractivity contribution is 5.93. The van der Waals surface area contributed by atoms with Crippen LogP contribution >= 0.6 is 0 Å². The second-order valence-electron chi connectivity index (χ2n) is 6.45. The van der Waals surface area contributed by atoms with E-state index in [9.17, 15) is 9.59 Å². The molecule has 0 aliphatic rings. The van der Waals surface area contributed by atoms with Crippen molar-refractivity contribution in [2.45, 2.75) is 19.5 Å². The van der Waals surface area contributed by atoms with E-state index >= 15 is 0 Å². The number of H-pyrrole nitrogens is 1. The molecule has 1 unspecified atom stereocenters. The van der Waals surface area contributed by atoms with Crippen LogP contribution in [0.4, 0.5) is 5.69 Å². The third-order valence-corrected chi connectivity index (χ3v) is 4.52. The van der Waals surface area contributed by atoms with Crippen LogP contribution in [-0.2, 0) is 11.3 Å². The zero-order chi connectivity index (χ0) is 19.4. The van der Waals surface area contributed by atoms with Crippen molar-refractivity contribution in [2.75, 3.05) is 12.4 Å². The fourth-order valence-corrected chi connectivity index (χ4v) is 2.74. The lowest BCUT2D eigenvalue weighted by Crippen LogP contribution is -3.12. The highest BCUT2D eigenvalue weighted by Crippen LogP contribution is 2.09. The zero-order valence-electron chi connectivity index (χ0n) is 15.1. The first-order valence-electron chi connectivity index (χ1n) is 8.59. The standard InChI is InChI=1S/C20H19N5O2/c1-13(19(26)22-15-9-7-14(11-21)8-10-15)25(2)12-18-23-17-6-4-3-5-16(17)20(27)24-18/h3-10,13H,12H2,1-2H3,(H,22,26)(H,23,24,27)/p+1/t13-/m1/s1. The van der Waals surface area contributed by atoms with Gasteiger partial charge in [0.15, 0.2) is 11.9 Å². The van der Waals surface area contributed by atoms with Crippen LogP contribution in [-0.4, -0.2) is 29.0 Å². The minimum absolute atomic E-state index is 0.152. The number of anilines is 1. The maximum Gasteiger partial charge on any atom is 0.282 e. The molecule has 2 atom stereocenters. The Bertz CT molecular complexity index is 1070. The van der Waals surface area contributed by atoms with Gasteiger partial charge in [-0.1, -0.05) is 12.1 Å². The summed E-state index contributed by atoms with van der Waals surface area (Å²) in [7, 11) is 1.87. The molecule has 3 rings (SSSR count). The molecule has 0 aliphatic heterocycles. The number of nitrogens with zero attached hydrogens (tertiary/aromatic N) is 2. The fraction of sp³-hybridized carbons (Fsp3) is 0.200. The first-order chi connectivity index (χ1) is 13.0. The third-order valence-electron chi connectivity index (χ3n) is 4.52. The van der Waals surface area contributed by atoms with E-state index in [-0.39, 0.29) is 17.5 Å². The lowest BCUT2D eigenvalue weighted by Gasteiger charge is -2.20. The number of aromatic nitrogens is 2. The Morgan fingerprint density at radius 2 is 1.96 bits per heavy atom. The molecular formula is C20H20N5O2+. The van der Waals surface area contributed by atoms with Gasteiger partial charge in [0.05, 0.1) is 29.6 Å². The van der Waals surface area contributed by atoms with Crippen molar-refractivity contribution in [3.63, 3.8) is 0 Å². The van der Waals surface area contributed by atoms with E-state index in [1.54, 1.807) is 42.5 Å². The summed E-state index contributed by atoms with van der Waals surface area (Å²) in [5.74, 6) is 0.384. The van der Waals surface area contributed by atoms with Gasteiger partial charge in [0.2, 0.25) is 0 Å². The molecule has 7 nitrogen and oxygen atoms in total. The average Bonchev–Trinajstić information content (AvgIpc) is 2.68. The number of carbonyl (C=O) groups excluding carboxylic acids is 1. The van der Waals surface area contributed by atoms with Crippen LogP contribution in [0.5, 0.6) is 0 Å². The molecule has 3 N–H and O–H groups in total. The predicted molar refractivity (Wildman–Crippen MR) is 102 cm³/mol. The van der Waals surface area contributed by atoms with Crippen LogP contribution in [0.3, 0.4) is 0 Å². The number of carbonyl (C=O) groups is 1. The van der Waals surface area contributed by atoms with Crippen molar-refractivity contribution in [3.8, 4) is 6.07 Å². The predicted octanol–water partition coefficient (Wildman–Crippen LogP) is 0.837. The molecule has 0 bridgehead atoms. The Balaban J connectivity index is 1.69. The number of quaternary nitrogens is 1. The molecule has 0 spiro atoms. The van der Waals surface area contributed by atoms with Crippen LogP contribution in [0.15, 0.2) is 53.3 Å². The van der Waals surface area contributed by atoms with Gasteiger partial charge >= 0.3 is 0 Å². The van der Waals surface area contributed by atoms with Crippen molar-refractivity contribution >= 4 is 22.5 Å². The van der Waals surface area contributed by atoms with Crippen LogP contribution in [0, 0.1) is 11.3 Å². The van der Waals surface area contributed by atoms with Crippen LogP contribution in [0.2, 0.25) is 0 Å². The molecule has 0 fully saturated rings. The lowest BCUT2D eigenvalue weighted by molar-refractivity contribution is -0.908. The van der Waals surface area contributed by atoms with Gasteiger partial charge < -0.3 is 15.2 Å². The van der Waals surface area contributed by atoms with E-state index in [0.29, 0.717) is 34.5 Å². The summed E-state index contributed by atoms with van der Waals surface area (Å²) >= 11 is 0. The summed E-state index contributed by atoms with van der Waals surface area (Å²) in [6.45, 7) is 2.22. The van der Waals surface area contributed by atoms with Crippen molar-refractivity contribution in [3.05, 3.63) is 70.3 Å². The van der Waals surface area contributed by atoms with E-state index in [4.69, 9.17) is 5.26 Å². The lowest BCUT2D eigenvalue weighted by atomic mass is 10.2. The normalized spacial score (nSPS) is 12.9. The van der Waals surface area contributed by atoms with Crippen LogP contribution in [0.1, 0.15) is 18.3 Å². The van der Waals surface area contributed by atoms with Crippen molar-refractivity contribution in [2.24, 2.45) is 0 Å². The molecular weight excluding hydrogens is 342 g/mol. The van der Waals surface area contributed by atoms with Gasteiger partial charge in [-0.05, 0) is 43.3 Å². The molecule has 0 saturated heterocycles. The smallest absolute Gasteiger partial charge is 0.282 e. The molecule has 1 aromatic heterocycles. The number of nitriles is 1. The van der Waals surface area contributed by atoms with Crippen molar-refractivity contribution in [1.29, 1.82) is 5.26 Å². The van der Waals surface area contributed by atoms with Crippen molar-refractivity contribution in [1.82, 2.24) is 9.97 Å². The number of hydrogen-bond donors (Lipinski definition) is 3. The molecule has 2 aromatic carbocycles. The number of hydrogen-bond acceptors (Lipinski definition) is 4. The van der Waals surface area contributed by atoms with E-state index < -0.39 is 0 Å². The third kappa shape index (κ3) is 4.19. The summed E-state index contributed by atoms with van der Waals surface area (Å²) in [6.07, 6.45) is 0. The number of amides is 1. The van der Waals surface area contributed by atoms with E-state index in [2.05, 4.69) is 15.3 Å². The number of fused-ring (bicyclic) bond motifs is 1. The van der Waals surface area contributed by atoms with Gasteiger partial charge in [0.1, 0.15) is 6.54 Å². The molecule has 0 saturated carbocycles. The van der Waals surface area contributed by atoms with Gasteiger partial charge in [0, 0.05) is 5.69 Å². The van der Waals surface area contributed by atoms with Gasteiger partial charge in [-0.2, -0.15) is 5.26 Å². The monoisotopic (exact) mass is 362 g/mol. The number of nitrogens with one attached hydrogen (secondary N) is 3. The number of aromatic amines is 1. The Morgan fingerprint density at radius 3 is 2.67 bits per heavy atom. The molecule has 1 heterocycles. The summed E-state index contributed by atoms with van der Waals surface area (Å²) in [5, 5.41) is 12.2. The summed E-state index contributed by atoms with van der Waals surface area (Å²) in [6, 6.07) is 15.5. The zero-order valence-corrected chi connectivity index (χ0v) is 15.1. The minimum Gasteiger partial charge on any atom is -0.321 e. The molecule has 7 heteroatoms. The summed E-state index contributed by atoms with van der Waals surface area (Å²) in [5.41, 5.74) is 1.63. The van der Waals surface area contributed by atoms with Gasteiger partial charge in [-0.3, -0.25) is 9.59 Å². The number of para-hydroxylation sites is 1. The number of likely N-dealkylation sites (N-methyl/N-ethyl adjacent to an activating group) is 1. The number of rotatable bonds is 5. The molecule has 3 aromatic rings. The summed E-state index contributed by atoms with van der Waals surface area (Å²) in [4.78, 5) is 32.8. The maximum atomic E-state index is 12.5. The molecule has 0 radical (unpaired) electrons. The maximum absolute atomic E-state index is 12.5.